The van der Waals surface area contributed by atoms with Gasteiger partial charge in [-0.25, -0.2) is 0 Å². The summed E-state index contributed by atoms with van der Waals surface area (Å²) in [6.07, 6.45) is 18.8. The van der Waals surface area contributed by atoms with Crippen molar-refractivity contribution in [3.05, 3.63) is 29.3 Å². The van der Waals surface area contributed by atoms with E-state index in [0.29, 0.717) is 0 Å². The second kappa shape index (κ2) is 18.0. The van der Waals surface area contributed by atoms with Crippen LogP contribution in [0.15, 0.2) is 23.1 Å². The van der Waals surface area contributed by atoms with Crippen LogP contribution >= 0.6 is 0 Å². The van der Waals surface area contributed by atoms with Crippen LogP contribution in [0.1, 0.15) is 115 Å². The predicted molar refractivity (Wildman–Crippen MR) is 128 cm³/mol. The van der Waals surface area contributed by atoms with E-state index < -0.39 is 10.1 Å². The summed E-state index contributed by atoms with van der Waals surface area (Å²) in [5.41, 5.74) is 1.96. The summed E-state index contributed by atoms with van der Waals surface area (Å²) in [7, 11) is -4.16. The van der Waals surface area contributed by atoms with Crippen LogP contribution in [0.2, 0.25) is 0 Å². The molecule has 0 fully saturated rings. The maximum atomic E-state index is 11.8. The zero-order chi connectivity index (χ0) is 20.7. The Labute approximate surface area is 210 Å². The van der Waals surface area contributed by atoms with E-state index in [2.05, 4.69) is 13.8 Å². The number of benzene rings is 1. The van der Waals surface area contributed by atoms with Gasteiger partial charge in [-0.1, -0.05) is 103 Å². The molecule has 0 amide bonds. The predicted octanol–water partition coefficient (Wildman–Crippen LogP) is 6.60. The molecule has 0 aliphatic heterocycles. The summed E-state index contributed by atoms with van der Waals surface area (Å²) < 4.78 is 33.3. The van der Waals surface area contributed by atoms with Gasteiger partial charge in [0.2, 0.25) is 0 Å². The molecule has 1 aromatic carbocycles. The molecule has 3 nitrogen and oxygen atoms in total. The molecule has 0 unspecified atom stereocenters. The van der Waals surface area contributed by atoms with Crippen molar-refractivity contribution < 1.29 is 13.0 Å². The standard InChI is InChI=1S/C24H42O3S.Ca.2H/c1-3-5-7-9-11-13-15-18-22-19-17-21-24(28(25,26)27)23(22)20-16-14-12-10-8-6-4-2;;;/h17,19,21H,3-16,18,20H2,1-2H3,(H,25,26,27);;;. The van der Waals surface area contributed by atoms with Gasteiger partial charge in [0.15, 0.2) is 0 Å². The summed E-state index contributed by atoms with van der Waals surface area (Å²) in [5.74, 6) is 0. The third-order valence-electron chi connectivity index (χ3n) is 5.59. The summed E-state index contributed by atoms with van der Waals surface area (Å²) in [6, 6.07) is 5.37. The van der Waals surface area contributed by atoms with Gasteiger partial charge < -0.3 is 0 Å². The molecule has 0 spiro atoms. The second-order valence-electron chi connectivity index (χ2n) is 8.11. The van der Waals surface area contributed by atoms with E-state index in [1.807, 2.05) is 6.07 Å². The molecule has 0 saturated carbocycles. The van der Waals surface area contributed by atoms with Crippen molar-refractivity contribution in [2.24, 2.45) is 0 Å². The molecule has 0 heterocycles. The molecule has 0 aliphatic carbocycles. The van der Waals surface area contributed by atoms with Crippen LogP contribution in [0.5, 0.6) is 0 Å². The molecule has 5 heteroatoms. The van der Waals surface area contributed by atoms with Gasteiger partial charge in [0.1, 0.15) is 0 Å². The number of rotatable bonds is 17. The van der Waals surface area contributed by atoms with Crippen molar-refractivity contribution in [1.82, 2.24) is 0 Å². The number of hydrogen-bond acceptors (Lipinski definition) is 2. The first kappa shape index (κ1) is 29.4. The average Bonchev–Trinajstić information content (AvgIpc) is 2.66. The van der Waals surface area contributed by atoms with Crippen LogP contribution in [0.4, 0.5) is 0 Å². The first-order chi connectivity index (χ1) is 13.5. The van der Waals surface area contributed by atoms with Crippen molar-refractivity contribution in [2.45, 2.75) is 121 Å². The van der Waals surface area contributed by atoms with Crippen LogP contribution in [-0.2, 0) is 23.0 Å². The van der Waals surface area contributed by atoms with E-state index in [1.165, 1.54) is 70.6 Å². The third kappa shape index (κ3) is 13.4. The molecular formula is C24H44CaO3S. The van der Waals surface area contributed by atoms with Gasteiger partial charge in [-0.15, -0.1) is 0 Å². The van der Waals surface area contributed by atoms with Gasteiger partial charge in [-0.3, -0.25) is 4.55 Å². The van der Waals surface area contributed by atoms with Crippen LogP contribution in [0.3, 0.4) is 0 Å². The van der Waals surface area contributed by atoms with Crippen molar-refractivity contribution in [3.8, 4) is 0 Å². The summed E-state index contributed by atoms with van der Waals surface area (Å²) in [6.45, 7) is 4.45. The quantitative estimate of drug-likeness (QED) is 0.164. The molecule has 1 rings (SSSR count). The zero-order valence-corrected chi connectivity index (χ0v) is 19.0. The summed E-state index contributed by atoms with van der Waals surface area (Å²) in [4.78, 5) is 0.124. The molecule has 0 aromatic heterocycles. The number of unbranched alkanes of at least 4 members (excludes halogenated alkanes) is 12. The fraction of sp³-hybridized carbons (Fsp3) is 0.750. The van der Waals surface area contributed by atoms with Crippen LogP contribution < -0.4 is 0 Å². The molecule has 29 heavy (non-hydrogen) atoms. The van der Waals surface area contributed by atoms with E-state index >= 15 is 0 Å². The minimum absolute atomic E-state index is 0. The molecular weight excluding hydrogens is 408 g/mol. The van der Waals surface area contributed by atoms with E-state index in [4.69, 9.17) is 0 Å². The van der Waals surface area contributed by atoms with Gasteiger partial charge in [0.05, 0.1) is 4.90 Å². The Hall–Kier alpha value is 0.390. The van der Waals surface area contributed by atoms with Crippen molar-refractivity contribution in [1.29, 1.82) is 0 Å². The maximum absolute atomic E-state index is 11.8. The molecule has 0 radical (unpaired) electrons. The van der Waals surface area contributed by atoms with E-state index in [-0.39, 0.29) is 42.6 Å². The molecule has 1 aromatic rings. The molecule has 0 aliphatic rings. The SMILES string of the molecule is CCCCCCCCCc1cccc(S(=O)(=O)O)c1CCCCCCCCC.[CaH2]. The van der Waals surface area contributed by atoms with Crippen molar-refractivity contribution >= 4 is 47.9 Å². The number of aryl methyl sites for hydroxylation is 1. The minimum atomic E-state index is -4.16. The Morgan fingerprint density at radius 3 is 1.62 bits per heavy atom. The first-order valence-corrected chi connectivity index (χ1v) is 13.0. The average molecular weight is 453 g/mol. The second-order valence-corrected chi connectivity index (χ2v) is 9.50. The van der Waals surface area contributed by atoms with E-state index in [1.54, 1.807) is 12.1 Å². The van der Waals surface area contributed by atoms with Crippen molar-refractivity contribution in [3.63, 3.8) is 0 Å². The zero-order valence-electron chi connectivity index (χ0n) is 18.2. The molecule has 0 atom stereocenters. The van der Waals surface area contributed by atoms with Crippen molar-refractivity contribution in [2.75, 3.05) is 0 Å². The van der Waals surface area contributed by atoms with Gasteiger partial charge in [0.25, 0.3) is 10.1 Å². The Morgan fingerprint density at radius 2 is 1.14 bits per heavy atom. The monoisotopic (exact) mass is 452 g/mol. The van der Waals surface area contributed by atoms with Crippen LogP contribution in [0.25, 0.3) is 0 Å². The van der Waals surface area contributed by atoms with Gasteiger partial charge in [-0.2, -0.15) is 8.42 Å². The van der Waals surface area contributed by atoms with Crippen LogP contribution in [0, 0.1) is 0 Å². The van der Waals surface area contributed by atoms with E-state index in [0.717, 1.165) is 43.2 Å². The molecule has 1 N–H and O–H groups in total. The van der Waals surface area contributed by atoms with E-state index in [9.17, 15) is 13.0 Å². The Bertz CT molecular complexity index is 629. The van der Waals surface area contributed by atoms with Crippen LogP contribution in [-0.4, -0.2) is 50.7 Å². The molecule has 0 saturated heterocycles. The molecule has 166 valence electrons. The Morgan fingerprint density at radius 1 is 0.690 bits per heavy atom. The summed E-state index contributed by atoms with van der Waals surface area (Å²) >= 11 is 0. The van der Waals surface area contributed by atoms with Gasteiger partial charge >= 0.3 is 37.7 Å². The van der Waals surface area contributed by atoms with Gasteiger partial charge in [0, 0.05) is 0 Å². The molecule has 0 bridgehead atoms. The first-order valence-electron chi connectivity index (χ1n) is 11.6. The Kier molecular flexibility index (Phi) is 18.3. The summed E-state index contributed by atoms with van der Waals surface area (Å²) in [5, 5.41) is 0. The third-order valence-corrected chi connectivity index (χ3v) is 6.53. The fourth-order valence-corrected chi connectivity index (χ4v) is 4.70. The number of hydrogen-bond donors (Lipinski definition) is 1. The normalized spacial score (nSPS) is 11.4. The van der Waals surface area contributed by atoms with Gasteiger partial charge in [-0.05, 0) is 42.9 Å². The topological polar surface area (TPSA) is 54.4 Å². The fourth-order valence-electron chi connectivity index (χ4n) is 3.90. The Balaban J connectivity index is 0.00000784.